The van der Waals surface area contributed by atoms with Crippen molar-refractivity contribution in [3.05, 3.63) is 65.4 Å². The first kappa shape index (κ1) is 21.8. The summed E-state index contributed by atoms with van der Waals surface area (Å²) in [6.07, 6.45) is 0.774. The monoisotopic (exact) mass is 394 g/mol. The Hall–Kier alpha value is -2.54. The maximum atomic E-state index is 13.8. The quantitative estimate of drug-likeness (QED) is 0.701. The zero-order valence-electron chi connectivity index (χ0n) is 16.1. The number of methoxy groups -OCH3 is 1. The molecule has 152 valence electrons. The summed E-state index contributed by atoms with van der Waals surface area (Å²) in [7, 11) is 1.42. The van der Waals surface area contributed by atoms with Gasteiger partial charge < -0.3 is 15.6 Å². The highest BCUT2D eigenvalue weighted by Gasteiger charge is 2.44. The van der Waals surface area contributed by atoms with Gasteiger partial charge in [-0.2, -0.15) is 0 Å². The van der Waals surface area contributed by atoms with Gasteiger partial charge in [0.15, 0.2) is 0 Å². The Kier molecular flexibility index (Phi) is 6.72. The highest BCUT2D eigenvalue weighted by atomic mass is 19.3. The van der Waals surface area contributed by atoms with Gasteiger partial charge in [0.25, 0.3) is 6.43 Å². The number of nitrogens with zero attached hydrogens (tertiary/aromatic N) is 1. The molecular weight excluding hydrogens is 369 g/mol. The predicted octanol–water partition coefficient (Wildman–Crippen LogP) is 4.28. The van der Waals surface area contributed by atoms with Crippen LogP contribution in [0.1, 0.15) is 37.8 Å². The molecule has 7 heteroatoms. The lowest BCUT2D eigenvalue weighted by Gasteiger charge is -2.37. The van der Waals surface area contributed by atoms with Crippen molar-refractivity contribution in [3.8, 4) is 5.75 Å². The van der Waals surface area contributed by atoms with Gasteiger partial charge in [0.1, 0.15) is 17.2 Å². The lowest BCUT2D eigenvalue weighted by atomic mass is 9.73. The van der Waals surface area contributed by atoms with Crippen LogP contribution in [0, 0.1) is 5.82 Å². The summed E-state index contributed by atoms with van der Waals surface area (Å²) >= 11 is 0. The van der Waals surface area contributed by atoms with Gasteiger partial charge in [0.05, 0.1) is 7.11 Å². The smallest absolute Gasteiger partial charge is 0.267 e. The van der Waals surface area contributed by atoms with Gasteiger partial charge in [0.2, 0.25) is 0 Å². The number of pyridine rings is 1. The largest absolute Gasteiger partial charge is 0.496 e. The molecule has 28 heavy (non-hydrogen) atoms. The van der Waals surface area contributed by atoms with Gasteiger partial charge in [-0.25, -0.2) is 13.2 Å². The van der Waals surface area contributed by atoms with Crippen LogP contribution < -0.4 is 10.5 Å². The Morgan fingerprint density at radius 3 is 2.61 bits per heavy atom. The van der Waals surface area contributed by atoms with Crippen LogP contribution in [0.3, 0.4) is 0 Å². The van der Waals surface area contributed by atoms with Gasteiger partial charge in [-0.1, -0.05) is 19.9 Å². The second-order valence-corrected chi connectivity index (χ2v) is 7.49. The molecule has 1 aromatic carbocycles. The predicted molar refractivity (Wildman–Crippen MR) is 103 cm³/mol. The van der Waals surface area contributed by atoms with Gasteiger partial charge in [-0.05, 0) is 47.7 Å². The molecule has 3 N–H and O–H groups in total. The number of nitrogens with two attached hydrogens (primary N) is 1. The summed E-state index contributed by atoms with van der Waals surface area (Å²) < 4.78 is 46.7. The molecule has 0 bridgehead atoms. The molecular formula is C21H25F3N2O2. The van der Waals surface area contributed by atoms with E-state index in [2.05, 4.69) is 4.98 Å². The van der Waals surface area contributed by atoms with E-state index in [4.69, 9.17) is 10.5 Å². The van der Waals surface area contributed by atoms with E-state index in [9.17, 15) is 18.3 Å². The number of hydrogen-bond donors (Lipinski definition) is 2. The van der Waals surface area contributed by atoms with Crippen molar-refractivity contribution in [2.75, 3.05) is 7.11 Å². The molecule has 0 amide bonds. The number of aliphatic hydroxyl groups is 1. The molecule has 1 unspecified atom stereocenters. The zero-order chi connectivity index (χ0) is 20.9. The molecule has 2 aromatic rings. The molecule has 0 aliphatic heterocycles. The highest BCUT2D eigenvalue weighted by molar-refractivity contribution is 5.51. The van der Waals surface area contributed by atoms with Crippen molar-refractivity contribution < 1.29 is 23.0 Å². The average Bonchev–Trinajstić information content (AvgIpc) is 2.61. The van der Waals surface area contributed by atoms with Crippen LogP contribution in [0.25, 0.3) is 6.08 Å². The number of aromatic nitrogens is 1. The zero-order valence-corrected chi connectivity index (χ0v) is 16.1. The van der Waals surface area contributed by atoms with Crippen molar-refractivity contribution in [1.29, 1.82) is 0 Å². The van der Waals surface area contributed by atoms with E-state index >= 15 is 0 Å². The van der Waals surface area contributed by atoms with Crippen LogP contribution in [0.15, 0.2) is 48.4 Å². The van der Waals surface area contributed by atoms with Crippen molar-refractivity contribution in [2.24, 2.45) is 5.73 Å². The minimum atomic E-state index is -3.05. The van der Waals surface area contributed by atoms with Gasteiger partial charge >= 0.3 is 0 Å². The molecule has 1 heterocycles. The summed E-state index contributed by atoms with van der Waals surface area (Å²) in [4.78, 5) is 3.94. The minimum absolute atomic E-state index is 0.0952. The number of hydrogen-bond acceptors (Lipinski definition) is 4. The van der Waals surface area contributed by atoms with Gasteiger partial charge in [-0.15, -0.1) is 0 Å². The van der Waals surface area contributed by atoms with Crippen molar-refractivity contribution in [1.82, 2.24) is 4.98 Å². The van der Waals surface area contributed by atoms with E-state index in [0.717, 1.165) is 0 Å². The Morgan fingerprint density at radius 1 is 1.32 bits per heavy atom. The number of halogens is 3. The van der Waals surface area contributed by atoms with Crippen molar-refractivity contribution in [3.63, 3.8) is 0 Å². The van der Waals surface area contributed by atoms with Crippen LogP contribution in [0.4, 0.5) is 13.2 Å². The molecule has 0 saturated carbocycles. The summed E-state index contributed by atoms with van der Waals surface area (Å²) in [6, 6.07) is 7.32. The average molecular weight is 394 g/mol. The van der Waals surface area contributed by atoms with E-state index in [1.807, 2.05) is 0 Å². The molecule has 4 nitrogen and oxygen atoms in total. The minimum Gasteiger partial charge on any atom is -0.496 e. The van der Waals surface area contributed by atoms with Gasteiger partial charge in [-0.3, -0.25) is 4.98 Å². The van der Waals surface area contributed by atoms with E-state index < -0.39 is 29.7 Å². The third-order valence-corrected chi connectivity index (χ3v) is 4.59. The molecule has 1 aromatic heterocycles. The Labute approximate surface area is 162 Å². The van der Waals surface area contributed by atoms with Gasteiger partial charge in [0, 0.05) is 30.1 Å². The molecule has 0 aliphatic rings. The highest BCUT2D eigenvalue weighted by Crippen LogP contribution is 2.41. The maximum absolute atomic E-state index is 13.8. The number of rotatable bonds is 8. The first-order chi connectivity index (χ1) is 13.1. The molecule has 0 aliphatic carbocycles. The second kappa shape index (κ2) is 8.65. The van der Waals surface area contributed by atoms with Crippen molar-refractivity contribution in [2.45, 2.75) is 44.1 Å². The van der Waals surface area contributed by atoms with Crippen LogP contribution in [0.2, 0.25) is 0 Å². The topological polar surface area (TPSA) is 68.4 Å². The number of ether oxygens (including phenoxy) is 1. The van der Waals surface area contributed by atoms with Crippen LogP contribution in [0.5, 0.6) is 5.75 Å². The maximum Gasteiger partial charge on any atom is 0.267 e. The normalized spacial score (nSPS) is 14.8. The first-order valence-corrected chi connectivity index (χ1v) is 8.78. The molecule has 0 spiro atoms. The molecule has 0 radical (unpaired) electrons. The fraction of sp³-hybridized carbons (Fsp3) is 0.381. The van der Waals surface area contributed by atoms with Crippen molar-refractivity contribution >= 4 is 6.08 Å². The first-order valence-electron chi connectivity index (χ1n) is 8.78. The summed E-state index contributed by atoms with van der Waals surface area (Å²) in [5.41, 5.74) is 3.65. The third-order valence-electron chi connectivity index (χ3n) is 4.59. The Morgan fingerprint density at radius 2 is 2.04 bits per heavy atom. The second-order valence-electron chi connectivity index (χ2n) is 7.49. The fourth-order valence-electron chi connectivity index (χ4n) is 3.37. The number of benzene rings is 1. The summed E-state index contributed by atoms with van der Waals surface area (Å²) in [6.45, 7) is 3.30. The third kappa shape index (κ3) is 5.25. The van der Waals surface area contributed by atoms with E-state index in [0.29, 0.717) is 16.9 Å². The lowest BCUT2D eigenvalue weighted by molar-refractivity contribution is -0.110. The fourth-order valence-corrected chi connectivity index (χ4v) is 3.37. The molecule has 1 atom stereocenters. The summed E-state index contributed by atoms with van der Waals surface area (Å²) in [5, 5.41) is 10.7. The summed E-state index contributed by atoms with van der Waals surface area (Å²) in [5.74, 6) is -0.151. The van der Waals surface area contributed by atoms with Crippen LogP contribution >= 0.6 is 0 Å². The van der Waals surface area contributed by atoms with E-state index in [1.54, 1.807) is 32.2 Å². The molecule has 2 rings (SSSR count). The van der Waals surface area contributed by atoms with E-state index in [1.165, 1.54) is 37.6 Å². The van der Waals surface area contributed by atoms with Crippen LogP contribution in [-0.4, -0.2) is 29.2 Å². The Bertz CT molecular complexity index is 826. The Balaban J connectivity index is 2.32. The van der Waals surface area contributed by atoms with E-state index in [-0.39, 0.29) is 12.1 Å². The molecule has 0 saturated heterocycles. The standard InChI is InChI=1S/C21H25F3N2O2/c1-20(2,17-10-15(22)6-7-18(17)28-3)13-21(27,19(23)24)11-16(25)9-14-5-4-8-26-12-14/h4-10,12,19,27H,11,13,25H2,1-3H3/b16-9-. The lowest BCUT2D eigenvalue weighted by Crippen LogP contribution is -2.44. The molecule has 0 fully saturated rings. The van der Waals surface area contributed by atoms with Crippen LogP contribution in [-0.2, 0) is 5.41 Å². The number of alkyl halides is 2. The SMILES string of the molecule is COc1ccc(F)cc1C(C)(C)CC(O)(C/C(N)=C/c1cccnc1)C(F)F.